The van der Waals surface area contributed by atoms with E-state index in [0.29, 0.717) is 10.8 Å². The molecule has 0 radical (unpaired) electrons. The van der Waals surface area contributed by atoms with Gasteiger partial charge in [-0.25, -0.2) is 0 Å². The van der Waals surface area contributed by atoms with E-state index in [2.05, 4.69) is 20.4 Å². The molecule has 1 aromatic heterocycles. The van der Waals surface area contributed by atoms with Crippen LogP contribution in [-0.4, -0.2) is 20.4 Å². The molecule has 0 aliphatic rings. The third kappa shape index (κ3) is 1.62. The summed E-state index contributed by atoms with van der Waals surface area (Å²) >= 11 is 5.92. The maximum atomic E-state index is 5.92. The van der Waals surface area contributed by atoms with Gasteiger partial charge in [-0.05, 0) is 12.1 Å². The van der Waals surface area contributed by atoms with Gasteiger partial charge in [-0.1, -0.05) is 23.7 Å². The average Bonchev–Trinajstić information content (AvgIpc) is 2.20. The summed E-state index contributed by atoms with van der Waals surface area (Å²) in [5, 5.41) is 15.4. The zero-order valence-electron chi connectivity index (χ0n) is 6.55. The molecule has 0 N–H and O–H groups in total. The zero-order valence-corrected chi connectivity index (χ0v) is 7.31. The third-order valence-electron chi connectivity index (χ3n) is 1.52. The normalized spacial score (nSPS) is 9.92. The number of hydrogen-bond donors (Lipinski definition) is 0. The number of benzene rings is 1. The van der Waals surface area contributed by atoms with Crippen LogP contribution in [0, 0.1) is 0 Å². The molecule has 0 aliphatic heterocycles. The summed E-state index contributed by atoms with van der Waals surface area (Å²) in [6.45, 7) is 0. The van der Waals surface area contributed by atoms with Crippen LogP contribution in [0.1, 0.15) is 0 Å². The Balaban J connectivity index is 2.54. The first kappa shape index (κ1) is 8.07. The Labute approximate surface area is 79.6 Å². The molecular weight excluding hydrogens is 188 g/mol. The predicted octanol–water partition coefficient (Wildman–Crippen LogP) is 1.59. The monoisotopic (exact) mass is 192 g/mol. The highest BCUT2D eigenvalue weighted by molar-refractivity contribution is 6.33. The largest absolute Gasteiger partial charge is 0.205 e. The Kier molecular flexibility index (Phi) is 2.14. The van der Waals surface area contributed by atoms with E-state index in [9.17, 15) is 0 Å². The molecule has 64 valence electrons. The van der Waals surface area contributed by atoms with E-state index in [1.807, 2.05) is 18.2 Å². The van der Waals surface area contributed by atoms with Crippen LogP contribution in [-0.2, 0) is 0 Å². The van der Waals surface area contributed by atoms with E-state index < -0.39 is 0 Å². The summed E-state index contributed by atoms with van der Waals surface area (Å²) in [7, 11) is 0. The van der Waals surface area contributed by atoms with E-state index in [1.165, 1.54) is 6.33 Å². The molecule has 0 aliphatic carbocycles. The van der Waals surface area contributed by atoms with Gasteiger partial charge in [0.2, 0.25) is 5.82 Å². The maximum absolute atomic E-state index is 5.92. The van der Waals surface area contributed by atoms with Crippen LogP contribution in [0.2, 0.25) is 5.02 Å². The molecule has 0 unspecified atom stereocenters. The molecule has 0 saturated carbocycles. The Bertz CT molecular complexity index is 404. The fraction of sp³-hybridized carbons (Fsp3) is 0. The van der Waals surface area contributed by atoms with Crippen LogP contribution in [0.5, 0.6) is 0 Å². The standard InChI is InChI=1S/C8H5ClN4/c9-7-4-2-1-3-6(7)8-12-10-5-11-13-8/h1-5H. The smallest absolute Gasteiger partial charge is 0.135 e. The molecule has 2 aromatic rings. The van der Waals surface area contributed by atoms with Crippen molar-refractivity contribution in [3.8, 4) is 11.4 Å². The Hall–Kier alpha value is -1.55. The van der Waals surface area contributed by atoms with Gasteiger partial charge in [0.05, 0.1) is 5.02 Å². The minimum absolute atomic E-state index is 0.438. The van der Waals surface area contributed by atoms with Gasteiger partial charge in [-0.3, -0.25) is 0 Å². The number of hydrogen-bond acceptors (Lipinski definition) is 4. The van der Waals surface area contributed by atoms with Crippen molar-refractivity contribution >= 4 is 11.6 Å². The quantitative estimate of drug-likeness (QED) is 0.689. The van der Waals surface area contributed by atoms with Crippen molar-refractivity contribution in [1.29, 1.82) is 0 Å². The highest BCUT2D eigenvalue weighted by atomic mass is 35.5. The molecule has 1 aromatic carbocycles. The summed E-state index contributed by atoms with van der Waals surface area (Å²) in [4.78, 5) is 0. The summed E-state index contributed by atoms with van der Waals surface area (Å²) in [6.07, 6.45) is 1.28. The van der Waals surface area contributed by atoms with Gasteiger partial charge >= 0.3 is 0 Å². The van der Waals surface area contributed by atoms with Gasteiger partial charge in [0, 0.05) is 5.56 Å². The first-order chi connectivity index (χ1) is 6.38. The Morgan fingerprint density at radius 3 is 2.38 bits per heavy atom. The van der Waals surface area contributed by atoms with Crippen molar-refractivity contribution in [3.05, 3.63) is 35.6 Å². The molecule has 0 saturated heterocycles. The summed E-state index contributed by atoms with van der Waals surface area (Å²) in [5.74, 6) is 0.438. The van der Waals surface area contributed by atoms with Crippen LogP contribution >= 0.6 is 11.6 Å². The van der Waals surface area contributed by atoms with Crippen LogP contribution in [0.3, 0.4) is 0 Å². The van der Waals surface area contributed by atoms with Crippen molar-refractivity contribution in [2.24, 2.45) is 0 Å². The average molecular weight is 193 g/mol. The maximum Gasteiger partial charge on any atom is 0.205 e. The van der Waals surface area contributed by atoms with Crippen LogP contribution in [0.25, 0.3) is 11.4 Å². The van der Waals surface area contributed by atoms with E-state index in [1.54, 1.807) is 6.07 Å². The van der Waals surface area contributed by atoms with Gasteiger partial charge in [0.1, 0.15) is 0 Å². The van der Waals surface area contributed by atoms with Crippen molar-refractivity contribution < 1.29 is 0 Å². The molecule has 1 heterocycles. The number of halogens is 1. The van der Waals surface area contributed by atoms with Crippen LogP contribution < -0.4 is 0 Å². The van der Waals surface area contributed by atoms with Gasteiger partial charge in [-0.15, -0.1) is 20.4 Å². The number of nitrogens with zero attached hydrogens (tertiary/aromatic N) is 4. The molecule has 0 fully saturated rings. The highest BCUT2D eigenvalue weighted by Crippen LogP contribution is 2.22. The highest BCUT2D eigenvalue weighted by Gasteiger charge is 2.04. The minimum Gasteiger partial charge on any atom is -0.135 e. The molecule has 5 heteroatoms. The molecular formula is C8H5ClN4. The molecule has 4 nitrogen and oxygen atoms in total. The molecule has 2 rings (SSSR count). The SMILES string of the molecule is Clc1ccccc1-c1nncnn1. The lowest BCUT2D eigenvalue weighted by atomic mass is 10.2. The second-order valence-corrected chi connectivity index (χ2v) is 2.76. The lowest BCUT2D eigenvalue weighted by Gasteiger charge is -1.98. The minimum atomic E-state index is 0.438. The molecule has 13 heavy (non-hydrogen) atoms. The lowest BCUT2D eigenvalue weighted by molar-refractivity contribution is 0.864. The third-order valence-corrected chi connectivity index (χ3v) is 1.85. The lowest BCUT2D eigenvalue weighted by Crippen LogP contribution is -1.93. The second kappa shape index (κ2) is 3.45. The molecule has 0 spiro atoms. The molecule has 0 amide bonds. The van der Waals surface area contributed by atoms with Crippen LogP contribution in [0.4, 0.5) is 0 Å². The van der Waals surface area contributed by atoms with Crippen molar-refractivity contribution in [1.82, 2.24) is 20.4 Å². The molecule has 0 atom stereocenters. The van der Waals surface area contributed by atoms with Gasteiger partial charge in [0.25, 0.3) is 0 Å². The van der Waals surface area contributed by atoms with Gasteiger partial charge < -0.3 is 0 Å². The van der Waals surface area contributed by atoms with Crippen molar-refractivity contribution in [2.45, 2.75) is 0 Å². The van der Waals surface area contributed by atoms with E-state index in [4.69, 9.17) is 11.6 Å². The van der Waals surface area contributed by atoms with Gasteiger partial charge in [-0.2, -0.15) is 0 Å². The van der Waals surface area contributed by atoms with E-state index in [0.717, 1.165) is 5.56 Å². The van der Waals surface area contributed by atoms with E-state index in [-0.39, 0.29) is 0 Å². The summed E-state index contributed by atoms with van der Waals surface area (Å²) < 4.78 is 0. The first-order valence-corrected chi connectivity index (χ1v) is 4.01. The topological polar surface area (TPSA) is 51.6 Å². The molecule has 0 bridgehead atoms. The van der Waals surface area contributed by atoms with Crippen LogP contribution in [0.15, 0.2) is 30.6 Å². The summed E-state index contributed by atoms with van der Waals surface area (Å²) in [6, 6.07) is 7.29. The first-order valence-electron chi connectivity index (χ1n) is 3.63. The Morgan fingerprint density at radius 1 is 1.00 bits per heavy atom. The fourth-order valence-corrected chi connectivity index (χ4v) is 1.17. The van der Waals surface area contributed by atoms with E-state index >= 15 is 0 Å². The Morgan fingerprint density at radius 2 is 1.69 bits per heavy atom. The fourth-order valence-electron chi connectivity index (χ4n) is 0.954. The number of aromatic nitrogens is 4. The summed E-state index contributed by atoms with van der Waals surface area (Å²) in [5.41, 5.74) is 0.741. The van der Waals surface area contributed by atoms with Gasteiger partial charge in [0.15, 0.2) is 6.33 Å². The van der Waals surface area contributed by atoms with Crippen molar-refractivity contribution in [3.63, 3.8) is 0 Å². The number of rotatable bonds is 1. The predicted molar refractivity (Wildman–Crippen MR) is 48.1 cm³/mol. The van der Waals surface area contributed by atoms with Crippen molar-refractivity contribution in [2.75, 3.05) is 0 Å². The second-order valence-electron chi connectivity index (χ2n) is 2.35. The zero-order chi connectivity index (χ0) is 9.10.